The standard InChI is InChI=1S/C40H55N7O6/c1-26(2)36(46-38(51)47(6)25-35-42-29-19-13-14-20-30(29)43-35)37(50)44-31(21-27-15-9-7-10-16-27)33(48)23-41-24-34(49)32(22-28-17-11-8-12-18-28)45-39(52)53-40(3,4)5/h7-20,26,31-34,36,41,48-49H,21-25H2,1-6H3,(H,42,43)(H,44,50)(H,45,52)(H,46,51)/t31-,32+,33?,34-,36+/m1/s1. The Labute approximate surface area is 311 Å². The van der Waals surface area contributed by atoms with E-state index in [1.54, 1.807) is 27.8 Å². The summed E-state index contributed by atoms with van der Waals surface area (Å²) in [5.41, 5.74) is 2.78. The maximum absolute atomic E-state index is 13.8. The van der Waals surface area contributed by atoms with E-state index in [1.807, 2.05) is 98.8 Å². The Morgan fingerprint density at radius 3 is 1.85 bits per heavy atom. The van der Waals surface area contributed by atoms with Gasteiger partial charge in [0.05, 0.1) is 41.9 Å². The fourth-order valence-electron chi connectivity index (χ4n) is 5.85. The van der Waals surface area contributed by atoms with Crippen LogP contribution in [-0.4, -0.2) is 99.2 Å². The van der Waals surface area contributed by atoms with Crippen LogP contribution in [0, 0.1) is 5.92 Å². The zero-order chi connectivity index (χ0) is 38.5. The molecule has 0 radical (unpaired) electrons. The minimum atomic E-state index is -1.07. The van der Waals surface area contributed by atoms with Crippen LogP contribution in [0.1, 0.15) is 51.6 Å². The summed E-state index contributed by atoms with van der Waals surface area (Å²) in [5.74, 6) is -0.0829. The first kappa shape index (κ1) is 40.8. The van der Waals surface area contributed by atoms with Crippen molar-refractivity contribution in [1.29, 1.82) is 0 Å². The molecule has 0 saturated heterocycles. The molecule has 1 unspecified atom stereocenters. The molecule has 0 spiro atoms. The molecule has 4 aromatic rings. The third-order valence-electron chi connectivity index (χ3n) is 8.66. The molecule has 0 aliphatic rings. The van der Waals surface area contributed by atoms with E-state index in [9.17, 15) is 24.6 Å². The molecule has 7 N–H and O–H groups in total. The number of aliphatic hydroxyl groups excluding tert-OH is 2. The Morgan fingerprint density at radius 1 is 0.792 bits per heavy atom. The number of para-hydroxylation sites is 2. The first-order valence-corrected chi connectivity index (χ1v) is 18.1. The highest BCUT2D eigenvalue weighted by Gasteiger charge is 2.31. The molecule has 3 aromatic carbocycles. The van der Waals surface area contributed by atoms with Crippen LogP contribution < -0.4 is 21.3 Å². The van der Waals surface area contributed by atoms with E-state index in [0.717, 1.165) is 22.2 Å². The number of aliphatic hydroxyl groups is 2. The number of H-pyrrole nitrogens is 1. The van der Waals surface area contributed by atoms with E-state index in [4.69, 9.17) is 4.74 Å². The van der Waals surface area contributed by atoms with E-state index in [2.05, 4.69) is 31.2 Å². The van der Waals surface area contributed by atoms with Gasteiger partial charge in [-0.15, -0.1) is 0 Å². The summed E-state index contributed by atoms with van der Waals surface area (Å²) in [6.45, 7) is 9.25. The average Bonchev–Trinajstić information content (AvgIpc) is 3.52. The maximum Gasteiger partial charge on any atom is 0.407 e. The lowest BCUT2D eigenvalue weighted by Gasteiger charge is -2.30. The van der Waals surface area contributed by atoms with Crippen molar-refractivity contribution < 1.29 is 29.3 Å². The summed E-state index contributed by atoms with van der Waals surface area (Å²) in [6, 6.07) is 23.8. The van der Waals surface area contributed by atoms with Crippen LogP contribution in [-0.2, 0) is 28.9 Å². The van der Waals surface area contributed by atoms with Crippen LogP contribution in [0.5, 0.6) is 0 Å². The summed E-state index contributed by atoms with van der Waals surface area (Å²) in [5, 5.41) is 34.4. The molecule has 1 heterocycles. The highest BCUT2D eigenvalue weighted by atomic mass is 16.6. The number of amides is 4. The fourth-order valence-corrected chi connectivity index (χ4v) is 5.85. The molecule has 5 atom stereocenters. The minimum Gasteiger partial charge on any atom is -0.444 e. The summed E-state index contributed by atoms with van der Waals surface area (Å²) >= 11 is 0. The highest BCUT2D eigenvalue weighted by Crippen LogP contribution is 2.14. The minimum absolute atomic E-state index is 0.0261. The lowest BCUT2D eigenvalue weighted by atomic mass is 9.98. The number of nitrogens with zero attached hydrogens (tertiary/aromatic N) is 2. The van der Waals surface area contributed by atoms with Gasteiger partial charge < -0.3 is 46.1 Å². The predicted octanol–water partition coefficient (Wildman–Crippen LogP) is 3.90. The average molecular weight is 730 g/mol. The number of fused-ring (bicyclic) bond motifs is 1. The molecule has 0 fully saturated rings. The van der Waals surface area contributed by atoms with E-state index in [-0.39, 0.29) is 25.6 Å². The highest BCUT2D eigenvalue weighted by molar-refractivity contribution is 5.87. The molecule has 0 aliphatic heterocycles. The van der Waals surface area contributed by atoms with Crippen LogP contribution in [0.3, 0.4) is 0 Å². The maximum atomic E-state index is 13.8. The van der Waals surface area contributed by atoms with E-state index < -0.39 is 54.0 Å². The van der Waals surface area contributed by atoms with Crippen molar-refractivity contribution in [2.45, 2.75) is 89.9 Å². The zero-order valence-corrected chi connectivity index (χ0v) is 31.5. The zero-order valence-electron chi connectivity index (χ0n) is 31.5. The van der Waals surface area contributed by atoms with Crippen molar-refractivity contribution >= 4 is 29.1 Å². The Morgan fingerprint density at radius 2 is 1.32 bits per heavy atom. The van der Waals surface area contributed by atoms with Gasteiger partial charge in [-0.1, -0.05) is 86.6 Å². The number of nitrogens with one attached hydrogen (secondary N) is 5. The molecule has 4 rings (SSSR count). The molecule has 13 heteroatoms. The van der Waals surface area contributed by atoms with E-state index in [0.29, 0.717) is 18.7 Å². The van der Waals surface area contributed by atoms with Gasteiger partial charge in [-0.3, -0.25) is 4.79 Å². The van der Waals surface area contributed by atoms with Gasteiger partial charge in [-0.05, 0) is 62.8 Å². The van der Waals surface area contributed by atoms with Gasteiger partial charge in [-0.2, -0.15) is 0 Å². The van der Waals surface area contributed by atoms with Gasteiger partial charge in [0.2, 0.25) is 5.91 Å². The van der Waals surface area contributed by atoms with Crippen molar-refractivity contribution in [3.8, 4) is 0 Å². The van der Waals surface area contributed by atoms with Crippen molar-refractivity contribution in [3.63, 3.8) is 0 Å². The number of ether oxygens (including phenoxy) is 1. The fraction of sp³-hybridized carbons (Fsp3) is 0.450. The van der Waals surface area contributed by atoms with Gasteiger partial charge in [-0.25, -0.2) is 14.6 Å². The molecule has 13 nitrogen and oxygen atoms in total. The van der Waals surface area contributed by atoms with E-state index in [1.165, 1.54) is 4.90 Å². The van der Waals surface area contributed by atoms with Gasteiger partial charge in [0.1, 0.15) is 17.5 Å². The number of urea groups is 1. The number of aromatic nitrogens is 2. The van der Waals surface area contributed by atoms with Crippen molar-refractivity contribution in [1.82, 2.24) is 36.1 Å². The van der Waals surface area contributed by atoms with Gasteiger partial charge in [0.25, 0.3) is 0 Å². The number of rotatable bonds is 17. The number of benzene rings is 3. The second-order valence-corrected chi connectivity index (χ2v) is 14.8. The van der Waals surface area contributed by atoms with Crippen molar-refractivity contribution in [3.05, 3.63) is 102 Å². The topological polar surface area (TPSA) is 181 Å². The lowest BCUT2D eigenvalue weighted by Crippen LogP contribution is -2.58. The summed E-state index contributed by atoms with van der Waals surface area (Å²) in [7, 11) is 1.63. The monoisotopic (exact) mass is 729 g/mol. The third-order valence-corrected chi connectivity index (χ3v) is 8.66. The third kappa shape index (κ3) is 13.2. The number of carbonyl (C=O) groups excluding carboxylic acids is 3. The first-order chi connectivity index (χ1) is 25.2. The number of aromatic amines is 1. The molecular weight excluding hydrogens is 674 g/mol. The number of carbonyl (C=O) groups is 3. The quantitative estimate of drug-likeness (QED) is 0.0855. The Kier molecular flexibility index (Phi) is 14.8. The first-order valence-electron chi connectivity index (χ1n) is 18.1. The Hall–Kier alpha value is -4.98. The van der Waals surface area contributed by atoms with Crippen molar-refractivity contribution in [2.75, 3.05) is 20.1 Å². The molecule has 0 bridgehead atoms. The number of hydrogen-bond acceptors (Lipinski definition) is 8. The van der Waals surface area contributed by atoms with Crippen LogP contribution in [0.4, 0.5) is 9.59 Å². The normalized spacial score (nSPS) is 14.5. The van der Waals surface area contributed by atoms with Crippen LogP contribution in [0.15, 0.2) is 84.9 Å². The second kappa shape index (κ2) is 19.2. The molecule has 1 aromatic heterocycles. The predicted molar refractivity (Wildman–Crippen MR) is 205 cm³/mol. The van der Waals surface area contributed by atoms with Crippen molar-refractivity contribution in [2.24, 2.45) is 5.92 Å². The molecular formula is C40H55N7O6. The van der Waals surface area contributed by atoms with Crippen LogP contribution in [0.25, 0.3) is 11.0 Å². The molecule has 286 valence electrons. The molecule has 4 amide bonds. The number of imidazole rings is 1. The largest absolute Gasteiger partial charge is 0.444 e. The molecule has 53 heavy (non-hydrogen) atoms. The van der Waals surface area contributed by atoms with Crippen LogP contribution >= 0.6 is 0 Å². The van der Waals surface area contributed by atoms with Gasteiger partial charge >= 0.3 is 12.1 Å². The summed E-state index contributed by atoms with van der Waals surface area (Å²) in [6.07, 6.45) is -2.07. The van der Waals surface area contributed by atoms with E-state index >= 15 is 0 Å². The van der Waals surface area contributed by atoms with Gasteiger partial charge in [0, 0.05) is 20.1 Å². The second-order valence-electron chi connectivity index (χ2n) is 14.8. The number of hydrogen-bond donors (Lipinski definition) is 7. The van der Waals surface area contributed by atoms with Gasteiger partial charge in [0.15, 0.2) is 0 Å². The van der Waals surface area contributed by atoms with Crippen LogP contribution in [0.2, 0.25) is 0 Å². The molecule has 0 saturated carbocycles. The summed E-state index contributed by atoms with van der Waals surface area (Å²) < 4.78 is 5.44. The smallest absolute Gasteiger partial charge is 0.407 e. The Balaban J connectivity index is 1.39. The SMILES string of the molecule is CC(C)[C@H](NC(=O)N(C)Cc1nc2ccccc2[nH]1)C(=O)N[C@H](Cc1ccccc1)C(O)CNC[C@@H](O)[C@H](Cc1ccccc1)NC(=O)OC(C)(C)C. The number of alkyl carbamates (subject to hydrolysis) is 1. The molecule has 0 aliphatic carbocycles. The lowest BCUT2D eigenvalue weighted by molar-refractivity contribution is -0.125. The Bertz CT molecular complexity index is 1710. The summed E-state index contributed by atoms with van der Waals surface area (Å²) in [4.78, 5) is 48.9.